The van der Waals surface area contributed by atoms with Crippen molar-refractivity contribution >= 4 is 16.6 Å². The van der Waals surface area contributed by atoms with E-state index in [2.05, 4.69) is 56.4 Å². The van der Waals surface area contributed by atoms with E-state index in [9.17, 15) is 0 Å². The van der Waals surface area contributed by atoms with Crippen LogP contribution in [0.25, 0.3) is 10.9 Å². The average Bonchev–Trinajstić information content (AvgIpc) is 3.00. The van der Waals surface area contributed by atoms with E-state index < -0.39 is 0 Å². The average molecular weight is 314 g/mol. The van der Waals surface area contributed by atoms with E-state index in [1.807, 2.05) is 36.7 Å². The monoisotopic (exact) mass is 314 g/mol. The van der Waals surface area contributed by atoms with Gasteiger partial charge in [0.25, 0.3) is 0 Å². The van der Waals surface area contributed by atoms with E-state index in [0.29, 0.717) is 0 Å². The van der Waals surface area contributed by atoms with Crippen molar-refractivity contribution in [1.82, 2.24) is 14.5 Å². The largest absolute Gasteiger partial charge is 0.380 e. The van der Waals surface area contributed by atoms with Gasteiger partial charge >= 0.3 is 0 Å². The maximum Gasteiger partial charge on any atom is 0.0648 e. The van der Waals surface area contributed by atoms with Crippen LogP contribution in [0.4, 0.5) is 5.69 Å². The lowest BCUT2D eigenvalue weighted by Gasteiger charge is -2.04. The molecular formula is C20H18N4. The lowest BCUT2D eigenvalue weighted by Crippen LogP contribution is -2.01. The molecule has 0 spiro atoms. The Labute approximate surface area is 140 Å². The van der Waals surface area contributed by atoms with E-state index in [-0.39, 0.29) is 0 Å². The first-order valence-electron chi connectivity index (χ1n) is 8.01. The first kappa shape index (κ1) is 14.5. The smallest absolute Gasteiger partial charge is 0.0648 e. The van der Waals surface area contributed by atoms with Crippen molar-refractivity contribution < 1.29 is 0 Å². The summed E-state index contributed by atoms with van der Waals surface area (Å²) < 4.78 is 2.26. The van der Waals surface area contributed by atoms with E-state index >= 15 is 0 Å². The molecule has 24 heavy (non-hydrogen) atoms. The molecule has 3 heterocycles. The van der Waals surface area contributed by atoms with Crippen LogP contribution in [0.15, 0.2) is 79.4 Å². The molecule has 0 fully saturated rings. The number of benzene rings is 1. The van der Waals surface area contributed by atoms with Gasteiger partial charge < -0.3 is 9.88 Å². The zero-order valence-electron chi connectivity index (χ0n) is 13.3. The van der Waals surface area contributed by atoms with E-state index in [1.54, 1.807) is 6.20 Å². The summed E-state index contributed by atoms with van der Waals surface area (Å²) in [7, 11) is 0. The summed E-state index contributed by atoms with van der Waals surface area (Å²) >= 11 is 0. The van der Waals surface area contributed by atoms with Gasteiger partial charge in [0.2, 0.25) is 0 Å². The molecule has 4 nitrogen and oxygen atoms in total. The molecular weight excluding hydrogens is 296 g/mol. The van der Waals surface area contributed by atoms with Crippen LogP contribution in [-0.2, 0) is 13.1 Å². The number of fused-ring (bicyclic) bond motifs is 1. The number of anilines is 1. The third kappa shape index (κ3) is 2.99. The Hall–Kier alpha value is -3.14. The van der Waals surface area contributed by atoms with Crippen LogP contribution >= 0.6 is 0 Å². The molecule has 0 aliphatic heterocycles. The summed E-state index contributed by atoms with van der Waals surface area (Å²) in [5.74, 6) is 0. The number of nitrogens with zero attached hydrogens (tertiary/aromatic N) is 3. The van der Waals surface area contributed by atoms with Gasteiger partial charge in [-0.1, -0.05) is 24.3 Å². The van der Waals surface area contributed by atoms with Crippen molar-refractivity contribution in [2.75, 3.05) is 5.32 Å². The lowest BCUT2D eigenvalue weighted by molar-refractivity contribution is 0.803. The fourth-order valence-electron chi connectivity index (χ4n) is 2.93. The Balaban J connectivity index is 1.64. The number of hydrogen-bond donors (Lipinski definition) is 1. The van der Waals surface area contributed by atoms with Gasteiger partial charge in [0.05, 0.1) is 17.9 Å². The van der Waals surface area contributed by atoms with Crippen molar-refractivity contribution in [3.63, 3.8) is 0 Å². The highest BCUT2D eigenvalue weighted by atomic mass is 15.0. The van der Waals surface area contributed by atoms with Gasteiger partial charge in [-0.3, -0.25) is 9.97 Å². The zero-order chi connectivity index (χ0) is 16.2. The van der Waals surface area contributed by atoms with E-state index in [4.69, 9.17) is 0 Å². The molecule has 0 saturated heterocycles. The quantitative estimate of drug-likeness (QED) is 0.603. The molecule has 0 unspecified atom stereocenters. The topological polar surface area (TPSA) is 42.7 Å². The molecule has 4 rings (SSSR count). The van der Waals surface area contributed by atoms with Crippen molar-refractivity contribution in [3.05, 3.63) is 90.6 Å². The standard InChI is InChI=1S/C20H18N4/c1-2-9-20-19(8-1)16(12-23-17-7-5-10-21-13-17)14-24(20)15-18-6-3-4-11-22-18/h1-11,13-14,23H,12,15H2. The number of para-hydroxylation sites is 1. The van der Waals surface area contributed by atoms with Crippen LogP contribution in [0.1, 0.15) is 11.3 Å². The normalized spacial score (nSPS) is 10.8. The van der Waals surface area contributed by atoms with Crippen LogP contribution < -0.4 is 5.32 Å². The van der Waals surface area contributed by atoms with Crippen molar-refractivity contribution in [1.29, 1.82) is 0 Å². The van der Waals surface area contributed by atoms with Crippen LogP contribution in [-0.4, -0.2) is 14.5 Å². The maximum atomic E-state index is 4.44. The molecule has 0 bridgehead atoms. The first-order chi connectivity index (χ1) is 11.9. The van der Waals surface area contributed by atoms with Crippen LogP contribution in [0.2, 0.25) is 0 Å². The number of nitrogens with one attached hydrogen (secondary N) is 1. The zero-order valence-corrected chi connectivity index (χ0v) is 13.3. The van der Waals surface area contributed by atoms with Gasteiger partial charge in [0.15, 0.2) is 0 Å². The summed E-state index contributed by atoms with van der Waals surface area (Å²) in [5.41, 5.74) is 4.58. The van der Waals surface area contributed by atoms with Crippen molar-refractivity contribution in [2.24, 2.45) is 0 Å². The number of hydrogen-bond acceptors (Lipinski definition) is 3. The van der Waals surface area contributed by atoms with Crippen molar-refractivity contribution in [3.8, 4) is 0 Å². The SMILES string of the molecule is c1ccc(Cn2cc(CNc3cccnc3)c3ccccc32)nc1. The molecule has 4 heteroatoms. The third-order valence-corrected chi connectivity index (χ3v) is 4.07. The Kier molecular flexibility index (Phi) is 3.94. The summed E-state index contributed by atoms with van der Waals surface area (Å²) in [6, 6.07) is 18.5. The second-order valence-electron chi connectivity index (χ2n) is 5.72. The summed E-state index contributed by atoms with van der Waals surface area (Å²) in [5, 5.41) is 4.71. The predicted octanol–water partition coefficient (Wildman–Crippen LogP) is 4.09. The maximum absolute atomic E-state index is 4.44. The number of rotatable bonds is 5. The molecule has 0 atom stereocenters. The van der Waals surface area contributed by atoms with Crippen LogP contribution in [0.5, 0.6) is 0 Å². The van der Waals surface area contributed by atoms with Gasteiger partial charge in [0.1, 0.15) is 0 Å². The molecule has 3 aromatic heterocycles. The minimum atomic E-state index is 0.765. The van der Waals surface area contributed by atoms with E-state index in [1.165, 1.54) is 16.5 Å². The van der Waals surface area contributed by atoms with Gasteiger partial charge in [-0.15, -0.1) is 0 Å². The number of aromatic nitrogens is 3. The summed E-state index contributed by atoms with van der Waals surface area (Å²) in [6.45, 7) is 1.54. The molecule has 118 valence electrons. The lowest BCUT2D eigenvalue weighted by atomic mass is 10.2. The molecule has 1 aromatic carbocycles. The minimum absolute atomic E-state index is 0.765. The van der Waals surface area contributed by atoms with Gasteiger partial charge in [0, 0.05) is 42.2 Å². The molecule has 0 amide bonds. The Morgan fingerprint density at radius 2 is 1.83 bits per heavy atom. The summed E-state index contributed by atoms with van der Waals surface area (Å²) in [6.07, 6.45) is 7.67. The highest BCUT2D eigenvalue weighted by Crippen LogP contribution is 2.23. The first-order valence-corrected chi connectivity index (χ1v) is 8.01. The second kappa shape index (κ2) is 6.54. The molecule has 1 N–H and O–H groups in total. The Bertz CT molecular complexity index is 930. The highest BCUT2D eigenvalue weighted by molar-refractivity contribution is 5.84. The van der Waals surface area contributed by atoms with Crippen LogP contribution in [0, 0.1) is 0 Å². The molecule has 0 aliphatic rings. The number of pyridine rings is 2. The molecule has 0 saturated carbocycles. The van der Waals surface area contributed by atoms with E-state index in [0.717, 1.165) is 24.5 Å². The molecule has 0 radical (unpaired) electrons. The van der Waals surface area contributed by atoms with Gasteiger partial charge in [-0.25, -0.2) is 0 Å². The van der Waals surface area contributed by atoms with Crippen molar-refractivity contribution in [2.45, 2.75) is 13.1 Å². The minimum Gasteiger partial charge on any atom is -0.380 e. The predicted molar refractivity (Wildman–Crippen MR) is 96.8 cm³/mol. The van der Waals surface area contributed by atoms with Gasteiger partial charge in [-0.05, 0) is 35.9 Å². The molecule has 4 aromatic rings. The Morgan fingerprint density at radius 3 is 2.67 bits per heavy atom. The summed E-state index contributed by atoms with van der Waals surface area (Å²) in [4.78, 5) is 8.58. The fourth-order valence-corrected chi connectivity index (χ4v) is 2.93. The van der Waals surface area contributed by atoms with Crippen LogP contribution in [0.3, 0.4) is 0 Å². The molecule has 0 aliphatic carbocycles. The fraction of sp³-hybridized carbons (Fsp3) is 0.100. The highest BCUT2D eigenvalue weighted by Gasteiger charge is 2.08. The second-order valence-corrected chi connectivity index (χ2v) is 5.72. The Morgan fingerprint density at radius 1 is 0.917 bits per heavy atom. The third-order valence-electron chi connectivity index (χ3n) is 4.07. The van der Waals surface area contributed by atoms with Gasteiger partial charge in [-0.2, -0.15) is 0 Å².